The van der Waals surface area contributed by atoms with Crippen molar-refractivity contribution in [2.45, 2.75) is 32.2 Å². The molecule has 4 nitrogen and oxygen atoms in total. The van der Waals surface area contributed by atoms with Gasteiger partial charge in [-0.2, -0.15) is 0 Å². The van der Waals surface area contributed by atoms with E-state index in [2.05, 4.69) is 29.0 Å². The Kier molecular flexibility index (Phi) is 5.01. The minimum Gasteiger partial charge on any atom is -0.394 e. The van der Waals surface area contributed by atoms with Crippen molar-refractivity contribution in [3.63, 3.8) is 0 Å². The average Bonchev–Trinajstić information content (AvgIpc) is 2.40. The van der Waals surface area contributed by atoms with Gasteiger partial charge in [0.2, 0.25) is 0 Å². The van der Waals surface area contributed by atoms with Crippen molar-refractivity contribution in [1.29, 1.82) is 0 Å². The second-order valence-electron chi connectivity index (χ2n) is 6.31. The van der Waals surface area contributed by atoms with E-state index in [9.17, 15) is 5.11 Å². The van der Waals surface area contributed by atoms with E-state index in [4.69, 9.17) is 0 Å². The van der Waals surface area contributed by atoms with Gasteiger partial charge in [0, 0.05) is 38.3 Å². The second kappa shape index (κ2) is 6.33. The lowest BCUT2D eigenvalue weighted by Crippen LogP contribution is -2.62. The van der Waals surface area contributed by atoms with Crippen LogP contribution in [-0.4, -0.2) is 72.9 Å². The molecule has 2 heterocycles. The smallest absolute Gasteiger partial charge is 0.0616 e. The molecule has 0 saturated carbocycles. The van der Waals surface area contributed by atoms with Gasteiger partial charge < -0.3 is 15.3 Å². The monoisotopic (exact) mass is 255 g/mol. The Balaban J connectivity index is 1.90. The van der Waals surface area contributed by atoms with Gasteiger partial charge in [-0.1, -0.05) is 13.8 Å². The highest BCUT2D eigenvalue weighted by atomic mass is 16.3. The molecule has 0 aromatic carbocycles. The van der Waals surface area contributed by atoms with E-state index in [1.807, 2.05) is 0 Å². The molecule has 0 bridgehead atoms. The van der Waals surface area contributed by atoms with E-state index >= 15 is 0 Å². The van der Waals surface area contributed by atoms with Crippen LogP contribution in [0.3, 0.4) is 0 Å². The van der Waals surface area contributed by atoms with Gasteiger partial charge in [-0.25, -0.2) is 0 Å². The molecule has 2 saturated heterocycles. The quantitative estimate of drug-likeness (QED) is 0.761. The van der Waals surface area contributed by atoms with Gasteiger partial charge >= 0.3 is 0 Å². The summed E-state index contributed by atoms with van der Waals surface area (Å²) < 4.78 is 0. The van der Waals surface area contributed by atoms with Crippen molar-refractivity contribution in [2.24, 2.45) is 5.92 Å². The summed E-state index contributed by atoms with van der Waals surface area (Å²) in [6.07, 6.45) is 2.24. The van der Waals surface area contributed by atoms with E-state index in [0.29, 0.717) is 6.61 Å². The minimum absolute atomic E-state index is 0.0651. The van der Waals surface area contributed by atoms with Crippen LogP contribution in [0.4, 0.5) is 0 Å². The molecule has 4 heteroatoms. The summed E-state index contributed by atoms with van der Waals surface area (Å²) >= 11 is 0. The Hall–Kier alpha value is -0.160. The summed E-state index contributed by atoms with van der Waals surface area (Å²) in [7, 11) is 0. The predicted octanol–water partition coefficient (Wildman–Crippen LogP) is 0.375. The molecule has 0 aromatic heterocycles. The molecule has 0 aliphatic carbocycles. The zero-order valence-electron chi connectivity index (χ0n) is 12.0. The molecule has 2 aliphatic heterocycles. The van der Waals surface area contributed by atoms with E-state index in [-0.39, 0.29) is 5.54 Å². The van der Waals surface area contributed by atoms with Crippen molar-refractivity contribution >= 4 is 0 Å². The fourth-order valence-electron chi connectivity index (χ4n) is 3.38. The molecule has 2 N–H and O–H groups in total. The van der Waals surface area contributed by atoms with Gasteiger partial charge in [-0.3, -0.25) is 4.90 Å². The van der Waals surface area contributed by atoms with Gasteiger partial charge in [0.05, 0.1) is 6.61 Å². The number of aliphatic hydroxyl groups excluding tert-OH is 1. The summed E-state index contributed by atoms with van der Waals surface area (Å²) in [5.74, 6) is 0.741. The largest absolute Gasteiger partial charge is 0.394 e. The van der Waals surface area contributed by atoms with Crippen molar-refractivity contribution < 1.29 is 5.11 Å². The Bertz CT molecular complexity index is 243. The maximum Gasteiger partial charge on any atom is 0.0616 e. The first-order valence-corrected chi connectivity index (χ1v) is 7.45. The molecule has 0 radical (unpaired) electrons. The SMILES string of the molecule is CC(C)CN1CCC(CO)(N2CCNCC2)CC1. The van der Waals surface area contributed by atoms with E-state index in [0.717, 1.165) is 58.0 Å². The topological polar surface area (TPSA) is 38.7 Å². The first-order valence-electron chi connectivity index (χ1n) is 7.45. The highest BCUT2D eigenvalue weighted by molar-refractivity contribution is 4.96. The zero-order valence-corrected chi connectivity index (χ0v) is 12.0. The molecule has 18 heavy (non-hydrogen) atoms. The van der Waals surface area contributed by atoms with Crippen LogP contribution in [0, 0.1) is 5.92 Å². The Morgan fingerprint density at radius 1 is 1.11 bits per heavy atom. The maximum atomic E-state index is 9.88. The molecule has 2 rings (SSSR count). The van der Waals surface area contributed by atoms with E-state index < -0.39 is 0 Å². The Labute approximate surface area is 111 Å². The molecule has 2 fully saturated rings. The van der Waals surface area contributed by atoms with Crippen LogP contribution in [-0.2, 0) is 0 Å². The fourth-order valence-corrected chi connectivity index (χ4v) is 3.38. The third kappa shape index (κ3) is 3.23. The number of likely N-dealkylation sites (tertiary alicyclic amines) is 1. The normalized spacial score (nSPS) is 26.7. The highest BCUT2D eigenvalue weighted by Gasteiger charge is 2.39. The van der Waals surface area contributed by atoms with E-state index in [1.54, 1.807) is 0 Å². The Morgan fingerprint density at radius 3 is 2.22 bits per heavy atom. The highest BCUT2D eigenvalue weighted by Crippen LogP contribution is 2.29. The second-order valence-corrected chi connectivity index (χ2v) is 6.31. The van der Waals surface area contributed by atoms with Gasteiger partial charge in [0.15, 0.2) is 0 Å². The molecule has 0 aromatic rings. The molecule has 0 spiro atoms. The van der Waals surface area contributed by atoms with Crippen molar-refractivity contribution in [2.75, 3.05) is 52.4 Å². The maximum absolute atomic E-state index is 9.88. The number of piperazine rings is 1. The number of hydrogen-bond donors (Lipinski definition) is 2. The summed E-state index contributed by atoms with van der Waals surface area (Å²) in [6.45, 7) is 12.7. The number of nitrogens with one attached hydrogen (secondary N) is 1. The lowest BCUT2D eigenvalue weighted by Gasteiger charge is -2.49. The molecule has 2 aliphatic rings. The Morgan fingerprint density at radius 2 is 1.72 bits per heavy atom. The number of rotatable bonds is 4. The van der Waals surface area contributed by atoms with Crippen LogP contribution in [0.25, 0.3) is 0 Å². The first kappa shape index (κ1) is 14.3. The van der Waals surface area contributed by atoms with Crippen molar-refractivity contribution in [3.05, 3.63) is 0 Å². The lowest BCUT2D eigenvalue weighted by molar-refractivity contribution is -0.0268. The van der Waals surface area contributed by atoms with Crippen LogP contribution in [0.5, 0.6) is 0 Å². The summed E-state index contributed by atoms with van der Waals surface area (Å²) in [5, 5.41) is 13.3. The van der Waals surface area contributed by atoms with Crippen LogP contribution >= 0.6 is 0 Å². The zero-order chi connectivity index (χ0) is 13.0. The van der Waals surface area contributed by atoms with Gasteiger partial charge in [0.25, 0.3) is 0 Å². The molecular weight excluding hydrogens is 226 g/mol. The van der Waals surface area contributed by atoms with Crippen LogP contribution in [0.1, 0.15) is 26.7 Å². The van der Waals surface area contributed by atoms with Crippen molar-refractivity contribution in [1.82, 2.24) is 15.1 Å². The standard InChI is InChI=1S/C14H29N3O/c1-13(2)11-16-7-3-14(12-18,4-8-16)17-9-5-15-6-10-17/h13,15,18H,3-12H2,1-2H3. The van der Waals surface area contributed by atoms with Gasteiger partial charge in [0.1, 0.15) is 0 Å². The molecule has 106 valence electrons. The molecule has 0 unspecified atom stereocenters. The van der Waals surface area contributed by atoms with Gasteiger partial charge in [-0.05, 0) is 31.8 Å². The molecule has 0 amide bonds. The van der Waals surface area contributed by atoms with Crippen molar-refractivity contribution in [3.8, 4) is 0 Å². The summed E-state index contributed by atoms with van der Waals surface area (Å²) in [6, 6.07) is 0. The van der Waals surface area contributed by atoms with Gasteiger partial charge in [-0.15, -0.1) is 0 Å². The molecule has 0 atom stereocenters. The number of hydrogen-bond acceptors (Lipinski definition) is 4. The van der Waals surface area contributed by atoms with Crippen LogP contribution < -0.4 is 5.32 Å². The third-order valence-corrected chi connectivity index (χ3v) is 4.49. The fraction of sp³-hybridized carbons (Fsp3) is 1.00. The lowest BCUT2D eigenvalue weighted by atomic mass is 9.85. The van der Waals surface area contributed by atoms with Crippen LogP contribution in [0.15, 0.2) is 0 Å². The summed E-state index contributed by atoms with van der Waals surface area (Å²) in [4.78, 5) is 5.08. The van der Waals surface area contributed by atoms with Crippen LogP contribution in [0.2, 0.25) is 0 Å². The third-order valence-electron chi connectivity index (χ3n) is 4.49. The molecular formula is C14H29N3O. The number of piperidine rings is 1. The minimum atomic E-state index is 0.0651. The predicted molar refractivity (Wildman–Crippen MR) is 74.8 cm³/mol. The number of aliphatic hydroxyl groups is 1. The van der Waals surface area contributed by atoms with E-state index in [1.165, 1.54) is 6.54 Å². The average molecular weight is 255 g/mol. The number of nitrogens with zero attached hydrogens (tertiary/aromatic N) is 2. The first-order chi connectivity index (χ1) is 8.66. The summed E-state index contributed by atoms with van der Waals surface area (Å²) in [5.41, 5.74) is 0.0651.